The van der Waals surface area contributed by atoms with Gasteiger partial charge in [0.25, 0.3) is 5.91 Å². The third-order valence-electron chi connectivity index (χ3n) is 3.75. The van der Waals surface area contributed by atoms with Crippen molar-refractivity contribution in [3.8, 4) is 0 Å². The Morgan fingerprint density at radius 2 is 2.05 bits per heavy atom. The average Bonchev–Trinajstić information content (AvgIpc) is 2.40. The standard InChI is InChI=1S/C15H18N2O4/c1-2-21-14(19)15(8-3-9-15)11-4-6-12(7-5-11)17-13(18)10-16-20/h4-7,10,20H,2-3,8-9H2,1H3,(H,17,18)/b16-10+. The lowest BCUT2D eigenvalue weighted by molar-refractivity contribution is -0.153. The lowest BCUT2D eigenvalue weighted by Crippen LogP contribution is -2.43. The van der Waals surface area contributed by atoms with E-state index in [1.807, 2.05) is 12.1 Å². The fourth-order valence-corrected chi connectivity index (χ4v) is 2.51. The van der Waals surface area contributed by atoms with E-state index in [4.69, 9.17) is 9.94 Å². The highest BCUT2D eigenvalue weighted by molar-refractivity contribution is 6.31. The molecule has 1 fully saturated rings. The van der Waals surface area contributed by atoms with Crippen LogP contribution in [0.3, 0.4) is 0 Å². The molecule has 21 heavy (non-hydrogen) atoms. The van der Waals surface area contributed by atoms with Crippen LogP contribution >= 0.6 is 0 Å². The van der Waals surface area contributed by atoms with Crippen LogP contribution in [-0.4, -0.2) is 29.9 Å². The van der Waals surface area contributed by atoms with Crippen molar-refractivity contribution in [3.63, 3.8) is 0 Å². The summed E-state index contributed by atoms with van der Waals surface area (Å²) in [6, 6.07) is 7.08. The summed E-state index contributed by atoms with van der Waals surface area (Å²) in [6.45, 7) is 2.17. The quantitative estimate of drug-likeness (QED) is 0.376. The number of carbonyl (C=O) groups excluding carboxylic acids is 2. The van der Waals surface area contributed by atoms with Gasteiger partial charge in [-0.2, -0.15) is 0 Å². The maximum Gasteiger partial charge on any atom is 0.316 e. The van der Waals surface area contributed by atoms with E-state index >= 15 is 0 Å². The first-order valence-electron chi connectivity index (χ1n) is 6.88. The van der Waals surface area contributed by atoms with Crippen LogP contribution in [0.25, 0.3) is 0 Å². The second-order valence-corrected chi connectivity index (χ2v) is 4.97. The minimum atomic E-state index is -0.537. The molecule has 0 heterocycles. The molecule has 1 aromatic carbocycles. The molecule has 0 aliphatic heterocycles. The van der Waals surface area contributed by atoms with Crippen molar-refractivity contribution in [2.75, 3.05) is 11.9 Å². The number of ether oxygens (including phenoxy) is 1. The van der Waals surface area contributed by atoms with Crippen LogP contribution in [-0.2, 0) is 19.7 Å². The number of oxime groups is 1. The highest BCUT2D eigenvalue weighted by Crippen LogP contribution is 2.45. The third kappa shape index (κ3) is 3.04. The minimum absolute atomic E-state index is 0.180. The fraction of sp³-hybridized carbons (Fsp3) is 0.400. The van der Waals surface area contributed by atoms with Crippen molar-refractivity contribution in [2.24, 2.45) is 5.16 Å². The summed E-state index contributed by atoms with van der Waals surface area (Å²) in [7, 11) is 0. The van der Waals surface area contributed by atoms with E-state index in [9.17, 15) is 9.59 Å². The Hall–Kier alpha value is -2.37. The number of benzene rings is 1. The van der Waals surface area contributed by atoms with Gasteiger partial charge in [0.2, 0.25) is 0 Å². The van der Waals surface area contributed by atoms with Crippen molar-refractivity contribution in [1.29, 1.82) is 0 Å². The molecule has 112 valence electrons. The number of nitrogens with zero attached hydrogens (tertiary/aromatic N) is 1. The first-order chi connectivity index (χ1) is 10.1. The van der Waals surface area contributed by atoms with Crippen LogP contribution in [0.15, 0.2) is 29.4 Å². The molecule has 1 aliphatic rings. The Bertz CT molecular complexity index is 547. The molecule has 0 spiro atoms. The van der Waals surface area contributed by atoms with E-state index in [2.05, 4.69) is 10.5 Å². The van der Waals surface area contributed by atoms with Gasteiger partial charge in [0, 0.05) is 5.69 Å². The van der Waals surface area contributed by atoms with E-state index < -0.39 is 11.3 Å². The highest BCUT2D eigenvalue weighted by Gasteiger charge is 2.46. The van der Waals surface area contributed by atoms with Gasteiger partial charge in [-0.05, 0) is 37.5 Å². The summed E-state index contributed by atoms with van der Waals surface area (Å²) in [5.41, 5.74) is 0.938. The van der Waals surface area contributed by atoms with Gasteiger partial charge in [-0.1, -0.05) is 23.7 Å². The van der Waals surface area contributed by atoms with E-state index in [0.717, 1.165) is 31.0 Å². The van der Waals surface area contributed by atoms with Crippen molar-refractivity contribution < 1.29 is 19.5 Å². The van der Waals surface area contributed by atoms with E-state index in [0.29, 0.717) is 12.3 Å². The average molecular weight is 290 g/mol. The van der Waals surface area contributed by atoms with Crippen LogP contribution < -0.4 is 5.32 Å². The molecule has 6 nitrogen and oxygen atoms in total. The summed E-state index contributed by atoms with van der Waals surface area (Å²) < 4.78 is 5.18. The van der Waals surface area contributed by atoms with Crippen LogP contribution in [0.4, 0.5) is 5.69 Å². The maximum atomic E-state index is 12.2. The number of carbonyl (C=O) groups is 2. The Kier molecular flexibility index (Phi) is 4.57. The van der Waals surface area contributed by atoms with Crippen molar-refractivity contribution in [2.45, 2.75) is 31.6 Å². The molecule has 0 bridgehead atoms. The lowest BCUT2D eigenvalue weighted by atomic mass is 9.64. The molecule has 1 aliphatic carbocycles. The summed E-state index contributed by atoms with van der Waals surface area (Å²) in [5, 5.41) is 13.5. The Morgan fingerprint density at radius 1 is 1.38 bits per heavy atom. The van der Waals surface area contributed by atoms with Gasteiger partial charge in [-0.3, -0.25) is 9.59 Å². The molecule has 6 heteroatoms. The van der Waals surface area contributed by atoms with Crippen LogP contribution in [0, 0.1) is 0 Å². The zero-order valence-electron chi connectivity index (χ0n) is 11.8. The molecular weight excluding hydrogens is 272 g/mol. The van der Waals surface area contributed by atoms with Crippen molar-refractivity contribution >= 4 is 23.8 Å². The van der Waals surface area contributed by atoms with Gasteiger partial charge in [-0.15, -0.1) is 0 Å². The summed E-state index contributed by atoms with van der Waals surface area (Å²) in [4.78, 5) is 23.4. The van der Waals surface area contributed by atoms with Gasteiger partial charge in [0.15, 0.2) is 0 Å². The molecular formula is C15H18N2O4. The summed E-state index contributed by atoms with van der Waals surface area (Å²) in [6.07, 6.45) is 3.35. The lowest BCUT2D eigenvalue weighted by Gasteiger charge is -2.39. The minimum Gasteiger partial charge on any atom is -0.465 e. The topological polar surface area (TPSA) is 88.0 Å². The zero-order chi connectivity index (χ0) is 15.3. The van der Waals surface area contributed by atoms with Gasteiger partial charge in [0.1, 0.15) is 6.21 Å². The third-order valence-corrected chi connectivity index (χ3v) is 3.75. The molecule has 1 aromatic rings. The molecule has 2 rings (SSSR count). The fourth-order valence-electron chi connectivity index (χ4n) is 2.51. The van der Waals surface area contributed by atoms with Crippen LogP contribution in [0.1, 0.15) is 31.7 Å². The number of esters is 1. The second kappa shape index (κ2) is 6.39. The molecule has 0 unspecified atom stereocenters. The van der Waals surface area contributed by atoms with Crippen molar-refractivity contribution in [3.05, 3.63) is 29.8 Å². The van der Waals surface area contributed by atoms with E-state index in [1.54, 1.807) is 19.1 Å². The highest BCUT2D eigenvalue weighted by atomic mass is 16.5. The number of anilines is 1. The smallest absolute Gasteiger partial charge is 0.316 e. The van der Waals surface area contributed by atoms with Gasteiger partial charge < -0.3 is 15.3 Å². The van der Waals surface area contributed by atoms with Crippen molar-refractivity contribution in [1.82, 2.24) is 0 Å². The van der Waals surface area contributed by atoms with E-state index in [-0.39, 0.29) is 5.97 Å². The molecule has 1 saturated carbocycles. The SMILES string of the molecule is CCOC(=O)C1(c2ccc(NC(=O)/C=N/O)cc2)CCC1. The predicted octanol–water partition coefficient (Wildman–Crippen LogP) is 2.07. The Labute approximate surface area is 122 Å². The second-order valence-electron chi connectivity index (χ2n) is 4.97. The summed E-state index contributed by atoms with van der Waals surface area (Å²) in [5.74, 6) is -0.700. The largest absolute Gasteiger partial charge is 0.465 e. The van der Waals surface area contributed by atoms with Gasteiger partial charge >= 0.3 is 5.97 Å². The van der Waals surface area contributed by atoms with Gasteiger partial charge in [-0.25, -0.2) is 0 Å². The molecule has 0 atom stereocenters. The Balaban J connectivity index is 2.14. The molecule has 1 amide bonds. The normalized spacial score (nSPS) is 16.2. The summed E-state index contributed by atoms with van der Waals surface area (Å²) >= 11 is 0. The molecule has 0 saturated heterocycles. The van der Waals surface area contributed by atoms with Crippen LogP contribution in [0.5, 0.6) is 0 Å². The molecule has 2 N–H and O–H groups in total. The Morgan fingerprint density at radius 3 is 2.52 bits per heavy atom. The predicted molar refractivity (Wildman–Crippen MR) is 77.5 cm³/mol. The molecule has 0 aromatic heterocycles. The number of hydrogen-bond donors (Lipinski definition) is 2. The monoisotopic (exact) mass is 290 g/mol. The van der Waals surface area contributed by atoms with Gasteiger partial charge in [0.05, 0.1) is 12.0 Å². The number of rotatable bonds is 5. The van der Waals surface area contributed by atoms with Crippen LogP contribution in [0.2, 0.25) is 0 Å². The number of nitrogens with one attached hydrogen (secondary N) is 1. The molecule has 0 radical (unpaired) electrons. The maximum absolute atomic E-state index is 12.2. The number of hydrogen-bond acceptors (Lipinski definition) is 5. The first-order valence-corrected chi connectivity index (χ1v) is 6.88. The first kappa shape index (κ1) is 15.0. The van der Waals surface area contributed by atoms with E-state index in [1.165, 1.54) is 0 Å². The zero-order valence-corrected chi connectivity index (χ0v) is 11.8. The number of amides is 1.